The van der Waals surface area contributed by atoms with Crippen molar-refractivity contribution >= 4 is 34.0 Å². The Kier molecular flexibility index (Phi) is 8.49. The molecule has 5 nitrogen and oxygen atoms in total. The molecule has 0 saturated heterocycles. The van der Waals surface area contributed by atoms with Crippen LogP contribution in [0.3, 0.4) is 0 Å². The number of hydrogen-bond acceptors (Lipinski definition) is 5. The van der Waals surface area contributed by atoms with Gasteiger partial charge in [0.1, 0.15) is 5.75 Å². The molecule has 29 heavy (non-hydrogen) atoms. The average Bonchev–Trinajstić information content (AvgIpc) is 2.65. The van der Waals surface area contributed by atoms with E-state index in [1.54, 1.807) is 24.3 Å². The predicted molar refractivity (Wildman–Crippen MR) is 123 cm³/mol. The molecule has 0 aliphatic heterocycles. The van der Waals surface area contributed by atoms with Gasteiger partial charge in [-0.3, -0.25) is 4.79 Å². The highest BCUT2D eigenvalue weighted by molar-refractivity contribution is 6.86. The largest absolute Gasteiger partial charge is 0.455 e. The Bertz CT molecular complexity index is 807. The molecule has 2 aromatic carbocycles. The van der Waals surface area contributed by atoms with Gasteiger partial charge in [-0.15, -0.1) is 0 Å². The van der Waals surface area contributed by atoms with Gasteiger partial charge >= 0.3 is 5.97 Å². The van der Waals surface area contributed by atoms with Crippen LogP contribution in [0.2, 0.25) is 38.3 Å². The van der Waals surface area contributed by atoms with Crippen LogP contribution >= 0.6 is 0 Å². The minimum absolute atomic E-state index is 0.236. The first-order chi connectivity index (χ1) is 13.7. The molecule has 0 radical (unpaired) electrons. The maximum atomic E-state index is 12.4. The molecule has 0 heterocycles. The van der Waals surface area contributed by atoms with Crippen LogP contribution in [0.25, 0.3) is 0 Å². The number of carbonyl (C=O) groups excluding carboxylic acids is 1. The number of unbranched alkanes of at least 4 members (excludes halogenated alkanes) is 1. The summed E-state index contributed by atoms with van der Waals surface area (Å²) in [6.07, 6.45) is 2.35. The van der Waals surface area contributed by atoms with Gasteiger partial charge < -0.3 is 8.85 Å². The van der Waals surface area contributed by atoms with Gasteiger partial charge in [-0.1, -0.05) is 38.0 Å². The van der Waals surface area contributed by atoms with Crippen molar-refractivity contribution in [3.8, 4) is 5.75 Å². The Balaban J connectivity index is 1.89. The molecule has 0 amide bonds. The summed E-state index contributed by atoms with van der Waals surface area (Å²) in [6.45, 7) is 10.9. The van der Waals surface area contributed by atoms with E-state index < -0.39 is 16.6 Å². The molecular formula is C22H32N2O3Si2. The molecule has 0 bridgehead atoms. The van der Waals surface area contributed by atoms with Gasteiger partial charge in [0.2, 0.25) is 0 Å². The minimum Gasteiger partial charge on any atom is -0.455 e. The third-order valence-electron chi connectivity index (χ3n) is 4.36. The highest BCUT2D eigenvalue weighted by atomic mass is 28.4. The van der Waals surface area contributed by atoms with Crippen LogP contribution in [0.4, 0.5) is 11.4 Å². The lowest BCUT2D eigenvalue weighted by molar-refractivity contribution is -0.132. The zero-order valence-corrected chi connectivity index (χ0v) is 20.1. The third-order valence-corrected chi connectivity index (χ3v) is 11.5. The van der Waals surface area contributed by atoms with Crippen LogP contribution in [0.1, 0.15) is 19.8 Å². The average molecular weight is 429 g/mol. The van der Waals surface area contributed by atoms with E-state index in [0.717, 1.165) is 11.7 Å². The van der Waals surface area contributed by atoms with Gasteiger partial charge in [-0.2, -0.15) is 10.2 Å². The molecule has 0 N–H and O–H groups in total. The lowest BCUT2D eigenvalue weighted by Crippen LogP contribution is -2.45. The van der Waals surface area contributed by atoms with Crippen molar-refractivity contribution in [1.29, 1.82) is 0 Å². The number of ether oxygens (including phenoxy) is 1. The summed E-state index contributed by atoms with van der Waals surface area (Å²) in [6, 6.07) is 18.1. The van der Waals surface area contributed by atoms with Gasteiger partial charge in [0, 0.05) is 0 Å². The summed E-state index contributed by atoms with van der Waals surface area (Å²) < 4.78 is 12.0. The lowest BCUT2D eigenvalue weighted by Gasteiger charge is -2.33. The maximum absolute atomic E-state index is 12.4. The fraction of sp³-hybridized carbons (Fsp3) is 0.409. The van der Waals surface area contributed by atoms with E-state index in [-0.39, 0.29) is 5.97 Å². The topological polar surface area (TPSA) is 60.2 Å². The second-order valence-electron chi connectivity index (χ2n) is 8.41. The molecule has 0 aliphatic rings. The van der Waals surface area contributed by atoms with Crippen LogP contribution < -0.4 is 4.74 Å². The lowest BCUT2D eigenvalue weighted by atomic mass is 10.3. The van der Waals surface area contributed by atoms with E-state index in [0.29, 0.717) is 17.5 Å². The summed E-state index contributed by atoms with van der Waals surface area (Å²) in [5.74, 6) is 0.279. The highest BCUT2D eigenvalue weighted by Gasteiger charge is 2.35. The van der Waals surface area contributed by atoms with E-state index in [1.165, 1.54) is 12.8 Å². The Morgan fingerprint density at radius 2 is 1.45 bits per heavy atom. The molecule has 156 valence electrons. The Labute approximate surface area is 176 Å². The zero-order valence-electron chi connectivity index (χ0n) is 18.1. The fourth-order valence-electron chi connectivity index (χ4n) is 3.14. The summed E-state index contributed by atoms with van der Waals surface area (Å²) in [7, 11) is -3.85. The van der Waals surface area contributed by atoms with Gasteiger partial charge in [-0.25, -0.2) is 0 Å². The van der Waals surface area contributed by atoms with Crippen LogP contribution in [-0.2, 0) is 8.91 Å². The van der Waals surface area contributed by atoms with E-state index in [1.807, 2.05) is 30.3 Å². The molecule has 0 fully saturated rings. The number of esters is 1. The fourth-order valence-corrected chi connectivity index (χ4v) is 11.8. The quantitative estimate of drug-likeness (QED) is 0.173. The molecular weight excluding hydrogens is 396 g/mol. The van der Waals surface area contributed by atoms with Gasteiger partial charge in [0.25, 0.3) is 0 Å². The molecule has 2 rings (SSSR count). The normalized spacial score (nSPS) is 12.3. The van der Waals surface area contributed by atoms with Gasteiger partial charge in [-0.05, 0) is 68.6 Å². The van der Waals surface area contributed by atoms with Crippen LogP contribution in [-0.4, -0.2) is 22.6 Å². The molecule has 0 atom stereocenters. The Morgan fingerprint density at radius 1 is 0.862 bits per heavy atom. The number of carbonyl (C=O) groups is 1. The second kappa shape index (κ2) is 10.6. The number of hydrogen-bond donors (Lipinski definition) is 0. The molecule has 0 aromatic heterocycles. The van der Waals surface area contributed by atoms with Crippen molar-refractivity contribution < 1.29 is 13.6 Å². The van der Waals surface area contributed by atoms with Crippen molar-refractivity contribution in [1.82, 2.24) is 0 Å². The zero-order chi connectivity index (χ0) is 21.3. The molecule has 2 aromatic rings. The first-order valence-electron chi connectivity index (χ1n) is 10.2. The predicted octanol–water partition coefficient (Wildman–Crippen LogP) is 7.23. The number of azo groups is 1. The summed E-state index contributed by atoms with van der Waals surface area (Å²) in [5.41, 5.74) is 1.50. The first-order valence-corrected chi connectivity index (χ1v) is 16.4. The molecule has 7 heteroatoms. The Hall–Kier alpha value is -2.10. The van der Waals surface area contributed by atoms with Gasteiger partial charge in [0.15, 0.2) is 16.6 Å². The summed E-state index contributed by atoms with van der Waals surface area (Å²) in [4.78, 5) is 12.4. The second-order valence-corrected chi connectivity index (χ2v) is 17.1. The van der Waals surface area contributed by atoms with E-state index in [2.05, 4.69) is 43.3 Å². The van der Waals surface area contributed by atoms with Crippen molar-refractivity contribution in [3.63, 3.8) is 0 Å². The van der Waals surface area contributed by atoms with Crippen LogP contribution in [0.5, 0.6) is 5.75 Å². The van der Waals surface area contributed by atoms with E-state index in [9.17, 15) is 4.79 Å². The van der Waals surface area contributed by atoms with Crippen molar-refractivity contribution in [2.24, 2.45) is 10.2 Å². The standard InChI is InChI=1S/C22H32N2O3Si2/c1-6-7-17-28(2,3)27-29(4,5)18-22(25)26-21-15-13-20(14-16-21)24-23-19-11-9-8-10-12-19/h8-16H,6-7,17-18H2,1-5H3. The molecule has 0 aliphatic carbocycles. The Morgan fingerprint density at radius 3 is 2.03 bits per heavy atom. The molecule has 0 spiro atoms. The van der Waals surface area contributed by atoms with Crippen molar-refractivity contribution in [2.45, 2.75) is 58.0 Å². The van der Waals surface area contributed by atoms with Crippen LogP contribution in [0.15, 0.2) is 64.8 Å². The van der Waals surface area contributed by atoms with Crippen LogP contribution in [0, 0.1) is 0 Å². The highest BCUT2D eigenvalue weighted by Crippen LogP contribution is 2.25. The number of benzene rings is 2. The molecule has 0 saturated carbocycles. The van der Waals surface area contributed by atoms with Crippen molar-refractivity contribution in [2.75, 3.05) is 0 Å². The SMILES string of the molecule is CCCC[Si](C)(C)O[Si](C)(C)CC(=O)Oc1ccc(N=Nc2ccccc2)cc1. The maximum Gasteiger partial charge on any atom is 0.310 e. The van der Waals surface area contributed by atoms with Crippen molar-refractivity contribution in [3.05, 3.63) is 54.6 Å². The first kappa shape index (κ1) is 23.2. The van der Waals surface area contributed by atoms with Gasteiger partial charge in [0.05, 0.1) is 17.4 Å². The number of nitrogens with zero attached hydrogens (tertiary/aromatic N) is 2. The smallest absolute Gasteiger partial charge is 0.310 e. The molecule has 0 unspecified atom stereocenters. The van der Waals surface area contributed by atoms with E-state index >= 15 is 0 Å². The minimum atomic E-state index is -2.11. The van der Waals surface area contributed by atoms with E-state index in [4.69, 9.17) is 8.85 Å². The monoisotopic (exact) mass is 428 g/mol. The summed E-state index contributed by atoms with van der Waals surface area (Å²) in [5, 5.41) is 8.38. The summed E-state index contributed by atoms with van der Waals surface area (Å²) >= 11 is 0. The third kappa shape index (κ3) is 8.85. The number of rotatable bonds is 10.